The maximum atomic E-state index is 13.3. The topological polar surface area (TPSA) is 59.0 Å². The van der Waals surface area contributed by atoms with Crippen molar-refractivity contribution in [3.63, 3.8) is 0 Å². The number of carbonyl (C=O) groups excluding carboxylic acids is 1. The van der Waals surface area contributed by atoms with Crippen LogP contribution in [0.3, 0.4) is 0 Å². The first-order valence-corrected chi connectivity index (χ1v) is 7.72. The fourth-order valence-corrected chi connectivity index (χ4v) is 2.85. The number of benzene rings is 1. The van der Waals surface area contributed by atoms with Crippen LogP contribution in [0.1, 0.15) is 31.2 Å². The Kier molecular flexibility index (Phi) is 4.46. The standard InChI is InChI=1S/C16H17F3N4O/c17-16(18,19)13-10-12(23-9-3-8-20-23)6-7-14(13)22-15(24)21-11-4-1-2-5-11/h3,6-11H,1-2,4-5H2,(H2,21,22,24). The highest BCUT2D eigenvalue weighted by Crippen LogP contribution is 2.36. The third kappa shape index (κ3) is 3.69. The van der Waals surface area contributed by atoms with Gasteiger partial charge in [-0.1, -0.05) is 12.8 Å². The van der Waals surface area contributed by atoms with Crippen molar-refractivity contribution in [1.29, 1.82) is 0 Å². The Morgan fingerprint density at radius 2 is 2.00 bits per heavy atom. The molecule has 1 fully saturated rings. The number of nitrogens with zero attached hydrogens (tertiary/aromatic N) is 2. The Hall–Kier alpha value is -2.51. The molecule has 3 rings (SSSR count). The molecule has 2 N–H and O–H groups in total. The molecule has 1 saturated carbocycles. The van der Waals surface area contributed by atoms with Gasteiger partial charge in [0.2, 0.25) is 0 Å². The molecule has 24 heavy (non-hydrogen) atoms. The van der Waals surface area contributed by atoms with Crippen molar-refractivity contribution >= 4 is 11.7 Å². The van der Waals surface area contributed by atoms with Crippen LogP contribution in [0.5, 0.6) is 0 Å². The molecule has 2 aromatic rings. The molecule has 0 saturated heterocycles. The minimum absolute atomic E-state index is 0.0303. The van der Waals surface area contributed by atoms with Crippen molar-refractivity contribution in [3.8, 4) is 5.69 Å². The van der Waals surface area contributed by atoms with Gasteiger partial charge in [0.15, 0.2) is 0 Å². The highest BCUT2D eigenvalue weighted by molar-refractivity contribution is 5.90. The van der Waals surface area contributed by atoms with Gasteiger partial charge >= 0.3 is 12.2 Å². The number of urea groups is 1. The molecule has 1 heterocycles. The van der Waals surface area contributed by atoms with Crippen LogP contribution < -0.4 is 10.6 Å². The maximum Gasteiger partial charge on any atom is 0.418 e. The normalized spacial score (nSPS) is 15.5. The summed E-state index contributed by atoms with van der Waals surface area (Å²) >= 11 is 0. The van der Waals surface area contributed by atoms with E-state index in [0.29, 0.717) is 0 Å². The Balaban J connectivity index is 1.82. The molecule has 1 aromatic carbocycles. The average Bonchev–Trinajstić information content (AvgIpc) is 3.19. The third-order valence-corrected chi connectivity index (χ3v) is 4.02. The van der Waals surface area contributed by atoms with Crippen molar-refractivity contribution in [3.05, 3.63) is 42.2 Å². The number of hydrogen-bond acceptors (Lipinski definition) is 2. The molecule has 1 aliphatic carbocycles. The van der Waals surface area contributed by atoms with E-state index in [-0.39, 0.29) is 17.4 Å². The molecule has 2 amide bonds. The maximum absolute atomic E-state index is 13.3. The molecule has 1 aliphatic rings. The molecule has 0 atom stereocenters. The molecule has 1 aromatic heterocycles. The first-order chi connectivity index (χ1) is 11.4. The van der Waals surface area contributed by atoms with E-state index in [1.165, 1.54) is 23.0 Å². The monoisotopic (exact) mass is 338 g/mol. The second-order valence-electron chi connectivity index (χ2n) is 5.76. The van der Waals surface area contributed by atoms with Gasteiger partial charge in [-0.15, -0.1) is 0 Å². The summed E-state index contributed by atoms with van der Waals surface area (Å²) in [5.74, 6) is 0. The number of anilines is 1. The van der Waals surface area contributed by atoms with Crippen LogP contribution in [-0.4, -0.2) is 21.9 Å². The Morgan fingerprint density at radius 1 is 1.25 bits per heavy atom. The lowest BCUT2D eigenvalue weighted by Crippen LogP contribution is -2.36. The molecular weight excluding hydrogens is 321 g/mol. The first-order valence-electron chi connectivity index (χ1n) is 7.72. The molecule has 5 nitrogen and oxygen atoms in total. The molecule has 0 unspecified atom stereocenters. The summed E-state index contributed by atoms with van der Waals surface area (Å²) in [6.07, 6.45) is 2.22. The van der Waals surface area contributed by atoms with Crippen molar-refractivity contribution in [2.45, 2.75) is 37.9 Å². The van der Waals surface area contributed by atoms with Crippen molar-refractivity contribution in [2.75, 3.05) is 5.32 Å². The van der Waals surface area contributed by atoms with Crippen LogP contribution in [0.15, 0.2) is 36.7 Å². The van der Waals surface area contributed by atoms with Gasteiger partial charge in [-0.2, -0.15) is 18.3 Å². The lowest BCUT2D eigenvalue weighted by Gasteiger charge is -2.17. The number of hydrogen-bond donors (Lipinski definition) is 2. The van der Waals surface area contributed by atoms with Gasteiger partial charge in [-0.25, -0.2) is 9.48 Å². The minimum Gasteiger partial charge on any atom is -0.335 e. The summed E-state index contributed by atoms with van der Waals surface area (Å²) in [5, 5.41) is 8.95. The number of amides is 2. The first kappa shape index (κ1) is 16.4. The van der Waals surface area contributed by atoms with Crippen LogP contribution in [0.2, 0.25) is 0 Å². The fraction of sp³-hybridized carbons (Fsp3) is 0.375. The van der Waals surface area contributed by atoms with E-state index in [2.05, 4.69) is 15.7 Å². The largest absolute Gasteiger partial charge is 0.418 e. The SMILES string of the molecule is O=C(Nc1ccc(-n2cccn2)cc1C(F)(F)F)NC1CCCC1. The van der Waals surface area contributed by atoms with E-state index in [1.54, 1.807) is 12.3 Å². The van der Waals surface area contributed by atoms with Gasteiger partial charge in [0.1, 0.15) is 0 Å². The number of carbonyl (C=O) groups is 1. The van der Waals surface area contributed by atoms with Crippen LogP contribution >= 0.6 is 0 Å². The predicted molar refractivity (Wildman–Crippen MR) is 83.0 cm³/mol. The Labute approximate surface area is 136 Å². The number of alkyl halides is 3. The third-order valence-electron chi connectivity index (χ3n) is 4.02. The predicted octanol–water partition coefficient (Wildman–Crippen LogP) is 3.96. The van der Waals surface area contributed by atoms with Gasteiger partial charge in [-0.05, 0) is 37.1 Å². The van der Waals surface area contributed by atoms with Crippen LogP contribution in [-0.2, 0) is 6.18 Å². The Morgan fingerprint density at radius 3 is 2.62 bits per heavy atom. The van der Waals surface area contributed by atoms with Crippen LogP contribution in [0, 0.1) is 0 Å². The van der Waals surface area contributed by atoms with Gasteiger partial charge < -0.3 is 10.6 Å². The molecule has 0 spiro atoms. The van der Waals surface area contributed by atoms with Crippen molar-refractivity contribution in [1.82, 2.24) is 15.1 Å². The smallest absolute Gasteiger partial charge is 0.335 e. The molecular formula is C16H17F3N4O. The number of rotatable bonds is 3. The van der Waals surface area contributed by atoms with Crippen LogP contribution in [0.25, 0.3) is 5.69 Å². The van der Waals surface area contributed by atoms with E-state index in [4.69, 9.17) is 0 Å². The van der Waals surface area contributed by atoms with Crippen molar-refractivity contribution in [2.24, 2.45) is 0 Å². The van der Waals surface area contributed by atoms with Crippen LogP contribution in [0.4, 0.5) is 23.7 Å². The summed E-state index contributed by atoms with van der Waals surface area (Å²) in [5.41, 5.74) is -0.903. The highest BCUT2D eigenvalue weighted by atomic mass is 19.4. The second kappa shape index (κ2) is 6.54. The minimum atomic E-state index is -4.58. The molecule has 8 heteroatoms. The summed E-state index contributed by atoms with van der Waals surface area (Å²) in [6, 6.07) is 4.73. The molecule has 0 bridgehead atoms. The van der Waals surface area contributed by atoms with E-state index in [0.717, 1.165) is 31.7 Å². The van der Waals surface area contributed by atoms with Gasteiger partial charge in [0.25, 0.3) is 0 Å². The van der Waals surface area contributed by atoms with E-state index >= 15 is 0 Å². The van der Waals surface area contributed by atoms with E-state index in [1.807, 2.05) is 0 Å². The molecule has 0 radical (unpaired) electrons. The zero-order valence-electron chi connectivity index (χ0n) is 12.8. The van der Waals surface area contributed by atoms with E-state index in [9.17, 15) is 18.0 Å². The molecule has 128 valence electrons. The lowest BCUT2D eigenvalue weighted by molar-refractivity contribution is -0.136. The van der Waals surface area contributed by atoms with E-state index < -0.39 is 17.8 Å². The van der Waals surface area contributed by atoms with Gasteiger partial charge in [0.05, 0.1) is 16.9 Å². The van der Waals surface area contributed by atoms with Gasteiger partial charge in [-0.3, -0.25) is 0 Å². The number of aromatic nitrogens is 2. The number of halogens is 3. The fourth-order valence-electron chi connectivity index (χ4n) is 2.85. The average molecular weight is 338 g/mol. The summed E-state index contributed by atoms with van der Waals surface area (Å²) in [6.45, 7) is 0. The lowest BCUT2D eigenvalue weighted by atomic mass is 10.1. The Bertz CT molecular complexity index is 707. The summed E-state index contributed by atoms with van der Waals surface area (Å²) in [7, 11) is 0. The quantitative estimate of drug-likeness (QED) is 0.890. The highest BCUT2D eigenvalue weighted by Gasteiger charge is 2.34. The molecule has 0 aliphatic heterocycles. The summed E-state index contributed by atoms with van der Waals surface area (Å²) < 4.78 is 41.3. The summed E-state index contributed by atoms with van der Waals surface area (Å²) in [4.78, 5) is 12.0. The zero-order chi connectivity index (χ0) is 17.2. The van der Waals surface area contributed by atoms with Crippen molar-refractivity contribution < 1.29 is 18.0 Å². The van der Waals surface area contributed by atoms with Gasteiger partial charge in [0, 0.05) is 18.4 Å². The number of nitrogens with one attached hydrogen (secondary N) is 2. The zero-order valence-corrected chi connectivity index (χ0v) is 12.8. The second-order valence-corrected chi connectivity index (χ2v) is 5.76.